The lowest BCUT2D eigenvalue weighted by Gasteiger charge is -2.09. The molecule has 0 aromatic carbocycles. The van der Waals surface area contributed by atoms with E-state index in [1.807, 2.05) is 13.8 Å². The second kappa shape index (κ2) is 5.86. The number of aliphatic carboxylic acids is 1. The Morgan fingerprint density at radius 1 is 1.43 bits per heavy atom. The summed E-state index contributed by atoms with van der Waals surface area (Å²) in [7, 11) is 0. The van der Waals surface area contributed by atoms with E-state index in [-0.39, 0.29) is 23.0 Å². The Kier molecular flexibility index (Phi) is 4.33. The highest BCUT2D eigenvalue weighted by molar-refractivity contribution is 7.99. The van der Waals surface area contributed by atoms with Crippen LogP contribution in [0.4, 0.5) is 0 Å². The van der Waals surface area contributed by atoms with Gasteiger partial charge in [0.2, 0.25) is 5.91 Å². The third kappa shape index (κ3) is 3.08. The summed E-state index contributed by atoms with van der Waals surface area (Å²) in [4.78, 5) is 40.2. The predicted molar refractivity (Wildman–Crippen MR) is 80.9 cm³/mol. The Labute approximate surface area is 127 Å². The van der Waals surface area contributed by atoms with Gasteiger partial charge in [-0.1, -0.05) is 11.8 Å². The third-order valence-corrected chi connectivity index (χ3v) is 4.95. The zero-order chi connectivity index (χ0) is 15.7. The first-order valence-corrected chi connectivity index (χ1v) is 7.75. The number of carboxylic acids is 1. The monoisotopic (exact) mass is 327 g/mol. The molecule has 0 fully saturated rings. The van der Waals surface area contributed by atoms with Gasteiger partial charge < -0.3 is 10.8 Å². The average Bonchev–Trinajstić information content (AvgIpc) is 2.66. The van der Waals surface area contributed by atoms with E-state index < -0.39 is 11.9 Å². The highest BCUT2D eigenvalue weighted by Crippen LogP contribution is 2.28. The minimum atomic E-state index is -1.03. The number of fused-ring (bicyclic) bond motifs is 1. The number of nitrogens with zero attached hydrogens (tertiary/aromatic N) is 2. The van der Waals surface area contributed by atoms with Crippen molar-refractivity contribution in [1.29, 1.82) is 0 Å². The fourth-order valence-electron chi connectivity index (χ4n) is 1.84. The van der Waals surface area contributed by atoms with E-state index in [9.17, 15) is 14.4 Å². The smallest absolute Gasteiger partial charge is 0.313 e. The summed E-state index contributed by atoms with van der Waals surface area (Å²) in [6, 6.07) is 0. The molecule has 0 saturated carbocycles. The topological polar surface area (TPSA) is 115 Å². The first kappa shape index (κ1) is 15.5. The van der Waals surface area contributed by atoms with Gasteiger partial charge in [0.1, 0.15) is 11.4 Å². The van der Waals surface area contributed by atoms with Crippen molar-refractivity contribution < 1.29 is 14.7 Å². The molecule has 3 N–H and O–H groups in total. The number of rotatable bonds is 5. The number of thiophene rings is 1. The van der Waals surface area contributed by atoms with Crippen molar-refractivity contribution in [2.24, 2.45) is 5.73 Å². The second-order valence-electron chi connectivity index (χ2n) is 4.40. The Bertz CT molecular complexity index is 794. The van der Waals surface area contributed by atoms with E-state index in [1.54, 1.807) is 0 Å². The van der Waals surface area contributed by atoms with Crippen LogP contribution >= 0.6 is 23.1 Å². The van der Waals surface area contributed by atoms with Crippen molar-refractivity contribution >= 4 is 45.2 Å². The van der Waals surface area contributed by atoms with Gasteiger partial charge in [-0.05, 0) is 19.4 Å². The molecule has 0 saturated heterocycles. The third-order valence-electron chi connectivity index (χ3n) is 2.89. The molecular weight excluding hydrogens is 314 g/mol. The van der Waals surface area contributed by atoms with E-state index in [1.165, 1.54) is 11.3 Å². The van der Waals surface area contributed by atoms with E-state index in [0.717, 1.165) is 26.8 Å². The van der Waals surface area contributed by atoms with Gasteiger partial charge in [-0.15, -0.1) is 11.3 Å². The minimum Gasteiger partial charge on any atom is -0.481 e. The molecule has 0 aliphatic heterocycles. The van der Waals surface area contributed by atoms with Crippen molar-refractivity contribution in [3.63, 3.8) is 0 Å². The summed E-state index contributed by atoms with van der Waals surface area (Å²) in [5.74, 6) is -1.96. The summed E-state index contributed by atoms with van der Waals surface area (Å²) in [6.07, 6.45) is 0. The number of aromatic nitrogens is 2. The summed E-state index contributed by atoms with van der Waals surface area (Å²) in [5, 5.41) is 9.40. The second-order valence-corrected chi connectivity index (χ2v) is 6.54. The molecule has 2 heterocycles. The Morgan fingerprint density at radius 2 is 2.10 bits per heavy atom. The summed E-state index contributed by atoms with van der Waals surface area (Å²) in [5.41, 5.74) is 5.61. The molecule has 2 aromatic heterocycles. The predicted octanol–water partition coefficient (Wildman–Crippen LogP) is 0.737. The molecule has 7 nitrogen and oxygen atoms in total. The van der Waals surface area contributed by atoms with Crippen LogP contribution in [0.5, 0.6) is 0 Å². The lowest BCUT2D eigenvalue weighted by atomic mass is 10.2. The lowest BCUT2D eigenvalue weighted by molar-refractivity contribution is -0.133. The van der Waals surface area contributed by atoms with E-state index >= 15 is 0 Å². The number of primary amides is 1. The fraction of sp³-hybridized carbons (Fsp3) is 0.333. The molecule has 112 valence electrons. The first-order valence-electron chi connectivity index (χ1n) is 5.94. The van der Waals surface area contributed by atoms with Crippen LogP contribution in [-0.2, 0) is 16.1 Å². The van der Waals surface area contributed by atoms with Crippen LogP contribution in [0, 0.1) is 13.8 Å². The highest BCUT2D eigenvalue weighted by atomic mass is 32.2. The van der Waals surface area contributed by atoms with Crippen LogP contribution in [0.25, 0.3) is 10.2 Å². The van der Waals surface area contributed by atoms with Gasteiger partial charge in [0.05, 0.1) is 11.1 Å². The maximum Gasteiger partial charge on any atom is 0.313 e. The molecule has 0 radical (unpaired) electrons. The zero-order valence-electron chi connectivity index (χ0n) is 11.4. The van der Waals surface area contributed by atoms with Crippen molar-refractivity contribution in [1.82, 2.24) is 9.55 Å². The molecular formula is C12H13N3O4S2. The van der Waals surface area contributed by atoms with E-state index in [0.29, 0.717) is 10.2 Å². The molecule has 0 atom stereocenters. The maximum atomic E-state index is 12.5. The van der Waals surface area contributed by atoms with Crippen LogP contribution in [0.15, 0.2) is 9.95 Å². The van der Waals surface area contributed by atoms with Crippen molar-refractivity contribution in [2.45, 2.75) is 25.5 Å². The Morgan fingerprint density at radius 3 is 2.67 bits per heavy atom. The number of carboxylic acid groups (broad SMARTS) is 1. The van der Waals surface area contributed by atoms with E-state index in [2.05, 4.69) is 4.98 Å². The van der Waals surface area contributed by atoms with Gasteiger partial charge in [-0.2, -0.15) is 0 Å². The molecule has 2 aromatic rings. The van der Waals surface area contributed by atoms with Crippen LogP contribution in [0.2, 0.25) is 0 Å². The number of carbonyl (C=O) groups is 2. The summed E-state index contributed by atoms with van der Waals surface area (Å²) >= 11 is 2.26. The van der Waals surface area contributed by atoms with Gasteiger partial charge in [0, 0.05) is 4.88 Å². The van der Waals surface area contributed by atoms with E-state index in [4.69, 9.17) is 10.8 Å². The molecule has 0 aliphatic rings. The van der Waals surface area contributed by atoms with Gasteiger partial charge >= 0.3 is 5.97 Å². The van der Waals surface area contributed by atoms with Crippen LogP contribution < -0.4 is 11.3 Å². The van der Waals surface area contributed by atoms with Gasteiger partial charge in [-0.25, -0.2) is 4.98 Å². The van der Waals surface area contributed by atoms with Crippen LogP contribution in [0.1, 0.15) is 10.4 Å². The molecule has 1 amide bonds. The molecule has 21 heavy (non-hydrogen) atoms. The number of carbonyl (C=O) groups excluding carboxylic acids is 1. The average molecular weight is 327 g/mol. The standard InChI is InChI=1S/C12H13N3O4S2/c1-5-6(2)21-10-9(5)11(19)15(3-7(13)16)12(14-10)20-4-8(17)18/h3-4H2,1-2H3,(H2,13,16)(H,17,18). The molecule has 2 rings (SSSR count). The van der Waals surface area contributed by atoms with Gasteiger partial charge in [-0.3, -0.25) is 19.0 Å². The fourth-order valence-corrected chi connectivity index (χ4v) is 3.63. The molecule has 0 aliphatic carbocycles. The van der Waals surface area contributed by atoms with Crippen LogP contribution in [-0.4, -0.2) is 32.3 Å². The molecule has 0 bridgehead atoms. The van der Waals surface area contributed by atoms with Crippen LogP contribution in [0.3, 0.4) is 0 Å². The number of thioether (sulfide) groups is 1. The molecule has 9 heteroatoms. The number of amides is 1. The maximum absolute atomic E-state index is 12.5. The minimum absolute atomic E-state index is 0.190. The highest BCUT2D eigenvalue weighted by Gasteiger charge is 2.18. The molecule has 0 unspecified atom stereocenters. The van der Waals surface area contributed by atoms with Gasteiger partial charge in [0.15, 0.2) is 5.16 Å². The first-order chi connectivity index (χ1) is 9.81. The van der Waals surface area contributed by atoms with Gasteiger partial charge in [0.25, 0.3) is 5.56 Å². The number of hydrogen-bond donors (Lipinski definition) is 2. The quantitative estimate of drug-likeness (QED) is 0.618. The van der Waals surface area contributed by atoms with Crippen molar-refractivity contribution in [3.8, 4) is 0 Å². The van der Waals surface area contributed by atoms with Crippen molar-refractivity contribution in [3.05, 3.63) is 20.8 Å². The number of nitrogens with two attached hydrogens (primary N) is 1. The normalized spacial score (nSPS) is 11.0. The Balaban J connectivity index is 2.67. The number of hydrogen-bond acceptors (Lipinski definition) is 6. The summed E-state index contributed by atoms with van der Waals surface area (Å²) in [6.45, 7) is 3.37. The SMILES string of the molecule is Cc1sc2nc(SCC(=O)O)n(CC(N)=O)c(=O)c2c1C. The zero-order valence-corrected chi connectivity index (χ0v) is 13.0. The van der Waals surface area contributed by atoms with Crippen molar-refractivity contribution in [2.75, 3.05) is 5.75 Å². The number of aryl methyl sites for hydroxylation is 2. The summed E-state index contributed by atoms with van der Waals surface area (Å²) < 4.78 is 1.14. The molecule has 0 spiro atoms. The lowest BCUT2D eigenvalue weighted by Crippen LogP contribution is -2.30. The largest absolute Gasteiger partial charge is 0.481 e. The Hall–Kier alpha value is -1.87.